The Morgan fingerprint density at radius 2 is 1.73 bits per heavy atom. The standard InChI is InChI=1S/C19H36N2O5/c1-9-10-11-13(2)12-15(20-18(24)26-19(4,5)6)16(22)21(7)14(3)17(23)25-8/h13-15H,9-12H2,1-8H3,(H,20,24)/t13-,14+,15+/m1/s1. The smallest absolute Gasteiger partial charge is 0.408 e. The van der Waals surface area contributed by atoms with Gasteiger partial charge in [0.15, 0.2) is 0 Å². The molecule has 0 saturated carbocycles. The Labute approximate surface area is 157 Å². The normalized spacial score (nSPS) is 14.8. The maximum atomic E-state index is 12.9. The van der Waals surface area contributed by atoms with Gasteiger partial charge in [-0.3, -0.25) is 4.79 Å². The van der Waals surface area contributed by atoms with Crippen LogP contribution in [-0.4, -0.2) is 54.7 Å². The molecule has 0 saturated heterocycles. The molecule has 0 aliphatic rings. The zero-order valence-corrected chi connectivity index (χ0v) is 17.5. The molecule has 2 amide bonds. The van der Waals surface area contributed by atoms with Crippen molar-refractivity contribution in [1.29, 1.82) is 0 Å². The highest BCUT2D eigenvalue weighted by Gasteiger charge is 2.32. The lowest BCUT2D eigenvalue weighted by atomic mass is 9.95. The van der Waals surface area contributed by atoms with Crippen molar-refractivity contribution in [2.24, 2.45) is 5.92 Å². The second-order valence-electron chi connectivity index (χ2n) is 7.83. The summed E-state index contributed by atoms with van der Waals surface area (Å²) in [6, 6.07) is -1.49. The first-order chi connectivity index (χ1) is 11.9. The Kier molecular flexibility index (Phi) is 10.3. The minimum Gasteiger partial charge on any atom is -0.467 e. The lowest BCUT2D eigenvalue weighted by Crippen LogP contribution is -2.52. The third kappa shape index (κ3) is 9.06. The van der Waals surface area contributed by atoms with E-state index in [0.717, 1.165) is 19.3 Å². The van der Waals surface area contributed by atoms with E-state index >= 15 is 0 Å². The largest absolute Gasteiger partial charge is 0.467 e. The van der Waals surface area contributed by atoms with Gasteiger partial charge in [0.05, 0.1) is 7.11 Å². The molecule has 7 nitrogen and oxygen atoms in total. The summed E-state index contributed by atoms with van der Waals surface area (Å²) < 4.78 is 9.98. The van der Waals surface area contributed by atoms with Gasteiger partial charge in [0.25, 0.3) is 0 Å². The molecule has 7 heteroatoms. The molecule has 3 atom stereocenters. The molecule has 0 unspecified atom stereocenters. The Bertz CT molecular complexity index is 473. The fraction of sp³-hybridized carbons (Fsp3) is 0.842. The highest BCUT2D eigenvalue weighted by molar-refractivity contribution is 5.89. The summed E-state index contributed by atoms with van der Waals surface area (Å²) in [6.07, 6.45) is 2.94. The number of methoxy groups -OCH3 is 1. The van der Waals surface area contributed by atoms with Gasteiger partial charge in [0, 0.05) is 7.05 Å². The van der Waals surface area contributed by atoms with Crippen LogP contribution in [0, 0.1) is 5.92 Å². The predicted molar refractivity (Wildman–Crippen MR) is 101 cm³/mol. The van der Waals surface area contributed by atoms with Crippen LogP contribution in [0.2, 0.25) is 0 Å². The van der Waals surface area contributed by atoms with Crippen molar-refractivity contribution in [3.8, 4) is 0 Å². The van der Waals surface area contributed by atoms with Crippen molar-refractivity contribution >= 4 is 18.0 Å². The highest BCUT2D eigenvalue weighted by atomic mass is 16.6. The molecule has 0 aliphatic heterocycles. The number of ether oxygens (including phenoxy) is 2. The number of amides is 2. The van der Waals surface area contributed by atoms with Gasteiger partial charge in [0.1, 0.15) is 17.7 Å². The van der Waals surface area contributed by atoms with E-state index in [9.17, 15) is 14.4 Å². The molecular formula is C19H36N2O5. The van der Waals surface area contributed by atoms with Crippen LogP contribution in [0.4, 0.5) is 4.79 Å². The molecule has 0 rings (SSSR count). The van der Waals surface area contributed by atoms with E-state index in [4.69, 9.17) is 9.47 Å². The number of carbonyl (C=O) groups excluding carboxylic acids is 3. The summed E-state index contributed by atoms with van der Waals surface area (Å²) in [5.74, 6) is -0.589. The molecule has 0 bridgehead atoms. The van der Waals surface area contributed by atoms with Gasteiger partial charge in [-0.1, -0.05) is 33.1 Å². The van der Waals surface area contributed by atoms with Crippen LogP contribution in [0.3, 0.4) is 0 Å². The summed E-state index contributed by atoms with van der Waals surface area (Å²) >= 11 is 0. The average molecular weight is 373 g/mol. The first kappa shape index (κ1) is 24.2. The quantitative estimate of drug-likeness (QED) is 0.629. The molecule has 1 N–H and O–H groups in total. The number of rotatable bonds is 9. The van der Waals surface area contributed by atoms with Crippen LogP contribution in [-0.2, 0) is 19.1 Å². The SMILES string of the molecule is CCCC[C@@H](C)C[C@H](NC(=O)OC(C)(C)C)C(=O)N(C)[C@@H](C)C(=O)OC. The van der Waals surface area contributed by atoms with E-state index in [1.54, 1.807) is 27.7 Å². The summed E-state index contributed by atoms with van der Waals surface area (Å²) in [5, 5.41) is 2.67. The van der Waals surface area contributed by atoms with Crippen LogP contribution >= 0.6 is 0 Å². The van der Waals surface area contributed by atoms with Crippen LogP contribution in [0.5, 0.6) is 0 Å². The molecule has 26 heavy (non-hydrogen) atoms. The number of likely N-dealkylation sites (N-methyl/N-ethyl adjacent to an activating group) is 1. The average Bonchev–Trinajstić information content (AvgIpc) is 2.54. The van der Waals surface area contributed by atoms with E-state index in [-0.39, 0.29) is 11.8 Å². The van der Waals surface area contributed by atoms with Crippen molar-refractivity contribution in [2.75, 3.05) is 14.2 Å². The fourth-order valence-electron chi connectivity index (χ4n) is 2.51. The van der Waals surface area contributed by atoms with Gasteiger partial charge in [-0.15, -0.1) is 0 Å². The zero-order chi connectivity index (χ0) is 20.5. The van der Waals surface area contributed by atoms with Crippen molar-refractivity contribution in [3.63, 3.8) is 0 Å². The lowest BCUT2D eigenvalue weighted by molar-refractivity contribution is -0.151. The summed E-state index contributed by atoms with van der Waals surface area (Å²) in [5.41, 5.74) is -0.656. The monoisotopic (exact) mass is 372 g/mol. The Balaban J connectivity index is 5.19. The van der Waals surface area contributed by atoms with Crippen LogP contribution in [0.1, 0.15) is 67.2 Å². The van der Waals surface area contributed by atoms with Crippen LogP contribution in [0.25, 0.3) is 0 Å². The topological polar surface area (TPSA) is 84.9 Å². The number of hydrogen-bond acceptors (Lipinski definition) is 5. The van der Waals surface area contributed by atoms with E-state index in [1.807, 2.05) is 0 Å². The number of unbranched alkanes of at least 4 members (excludes halogenated alkanes) is 1. The minimum absolute atomic E-state index is 0.251. The number of hydrogen-bond donors (Lipinski definition) is 1. The fourth-order valence-corrected chi connectivity index (χ4v) is 2.51. The Hall–Kier alpha value is -1.79. The first-order valence-electron chi connectivity index (χ1n) is 9.26. The maximum absolute atomic E-state index is 12.9. The molecular weight excluding hydrogens is 336 g/mol. The number of carbonyl (C=O) groups is 3. The van der Waals surface area contributed by atoms with Gasteiger partial charge >= 0.3 is 12.1 Å². The van der Waals surface area contributed by atoms with E-state index < -0.39 is 29.7 Å². The van der Waals surface area contributed by atoms with Crippen molar-refractivity contribution in [2.45, 2.75) is 84.9 Å². The van der Waals surface area contributed by atoms with Crippen molar-refractivity contribution in [3.05, 3.63) is 0 Å². The third-order valence-electron chi connectivity index (χ3n) is 4.15. The molecule has 0 aromatic heterocycles. The zero-order valence-electron chi connectivity index (χ0n) is 17.5. The van der Waals surface area contributed by atoms with E-state index in [0.29, 0.717) is 6.42 Å². The van der Waals surface area contributed by atoms with E-state index in [2.05, 4.69) is 19.2 Å². The molecule has 0 fully saturated rings. The Morgan fingerprint density at radius 1 is 1.15 bits per heavy atom. The number of nitrogens with zero attached hydrogens (tertiary/aromatic N) is 1. The molecule has 0 aliphatic carbocycles. The van der Waals surface area contributed by atoms with Gasteiger partial charge < -0.3 is 19.7 Å². The summed E-state index contributed by atoms with van der Waals surface area (Å²) in [4.78, 5) is 38.1. The van der Waals surface area contributed by atoms with Crippen molar-refractivity contribution in [1.82, 2.24) is 10.2 Å². The highest BCUT2D eigenvalue weighted by Crippen LogP contribution is 2.17. The van der Waals surface area contributed by atoms with Gasteiger partial charge in [-0.05, 0) is 40.0 Å². The molecule has 0 heterocycles. The van der Waals surface area contributed by atoms with Gasteiger partial charge in [-0.25, -0.2) is 9.59 Å². The second-order valence-corrected chi connectivity index (χ2v) is 7.83. The number of esters is 1. The van der Waals surface area contributed by atoms with Gasteiger partial charge in [-0.2, -0.15) is 0 Å². The molecule has 152 valence electrons. The summed E-state index contributed by atoms with van der Waals surface area (Å²) in [6.45, 7) is 11.0. The third-order valence-corrected chi connectivity index (χ3v) is 4.15. The molecule has 0 aromatic carbocycles. The molecule has 0 aromatic rings. The minimum atomic E-state index is -0.756. The van der Waals surface area contributed by atoms with E-state index in [1.165, 1.54) is 19.1 Å². The second kappa shape index (κ2) is 11.0. The number of nitrogens with one attached hydrogen (secondary N) is 1. The lowest BCUT2D eigenvalue weighted by Gasteiger charge is -2.30. The molecule has 0 radical (unpaired) electrons. The maximum Gasteiger partial charge on any atom is 0.408 e. The van der Waals surface area contributed by atoms with Gasteiger partial charge in [0.2, 0.25) is 5.91 Å². The molecule has 0 spiro atoms. The predicted octanol–water partition coefficient (Wildman–Crippen LogP) is 3.12. The Morgan fingerprint density at radius 3 is 2.19 bits per heavy atom. The van der Waals surface area contributed by atoms with Crippen LogP contribution < -0.4 is 5.32 Å². The number of alkyl carbamates (subject to hydrolysis) is 1. The van der Waals surface area contributed by atoms with Crippen molar-refractivity contribution < 1.29 is 23.9 Å². The van der Waals surface area contributed by atoms with Crippen LogP contribution in [0.15, 0.2) is 0 Å². The summed E-state index contributed by atoms with van der Waals surface area (Å²) in [7, 11) is 2.81. The first-order valence-corrected chi connectivity index (χ1v) is 9.26.